The quantitative estimate of drug-likeness (QED) is 0.932. The second-order valence-corrected chi connectivity index (χ2v) is 5.05. The first-order valence-corrected chi connectivity index (χ1v) is 6.57. The van der Waals surface area contributed by atoms with E-state index in [2.05, 4.69) is 22.4 Å². The van der Waals surface area contributed by atoms with Gasteiger partial charge < -0.3 is 14.6 Å². The molecule has 0 bridgehead atoms. The van der Waals surface area contributed by atoms with Crippen molar-refractivity contribution >= 4 is 0 Å². The summed E-state index contributed by atoms with van der Waals surface area (Å²) >= 11 is 0. The second-order valence-electron chi connectivity index (χ2n) is 5.05. The fourth-order valence-corrected chi connectivity index (χ4v) is 2.44. The lowest BCUT2D eigenvalue weighted by Gasteiger charge is -2.07. The van der Waals surface area contributed by atoms with Crippen molar-refractivity contribution in [2.75, 3.05) is 20.2 Å². The highest BCUT2D eigenvalue weighted by molar-refractivity contribution is 5.57. The molecule has 2 unspecified atom stereocenters. The molecule has 2 atom stereocenters. The summed E-state index contributed by atoms with van der Waals surface area (Å²) in [5, 5.41) is 7.28. The molecule has 0 saturated carbocycles. The first-order valence-electron chi connectivity index (χ1n) is 6.57. The molecule has 1 saturated heterocycles. The van der Waals surface area contributed by atoms with Crippen LogP contribution in [-0.2, 0) is 0 Å². The van der Waals surface area contributed by atoms with E-state index in [0.29, 0.717) is 23.2 Å². The first kappa shape index (κ1) is 13.1. The molecule has 0 radical (unpaired) electrons. The lowest BCUT2D eigenvalue weighted by molar-refractivity contribution is 0.340. The Hall–Kier alpha value is -1.95. The van der Waals surface area contributed by atoms with Gasteiger partial charge in [0.25, 0.3) is 0 Å². The highest BCUT2D eigenvalue weighted by Crippen LogP contribution is 2.29. The van der Waals surface area contributed by atoms with Crippen molar-refractivity contribution in [3.8, 4) is 17.1 Å². The minimum atomic E-state index is -0.409. The molecular weight excluding hydrogens is 261 g/mol. The molecular formula is C14H16FN3O2. The summed E-state index contributed by atoms with van der Waals surface area (Å²) in [6.07, 6.45) is 0. The van der Waals surface area contributed by atoms with Gasteiger partial charge in [-0.2, -0.15) is 4.98 Å². The minimum absolute atomic E-state index is 0.171. The number of ether oxygens (including phenoxy) is 1. The van der Waals surface area contributed by atoms with E-state index >= 15 is 0 Å². The highest BCUT2D eigenvalue weighted by Gasteiger charge is 2.29. The number of aromatic nitrogens is 2. The minimum Gasteiger partial charge on any atom is -0.494 e. The molecule has 6 heteroatoms. The zero-order chi connectivity index (χ0) is 14.1. The van der Waals surface area contributed by atoms with Crippen molar-refractivity contribution in [2.24, 2.45) is 5.92 Å². The Morgan fingerprint density at radius 2 is 2.25 bits per heavy atom. The lowest BCUT2D eigenvalue weighted by Crippen LogP contribution is -2.08. The van der Waals surface area contributed by atoms with Gasteiger partial charge in [-0.1, -0.05) is 12.1 Å². The summed E-state index contributed by atoms with van der Waals surface area (Å²) in [7, 11) is 1.43. The van der Waals surface area contributed by atoms with Crippen LogP contribution >= 0.6 is 0 Å². The molecule has 106 valence electrons. The van der Waals surface area contributed by atoms with Crippen molar-refractivity contribution in [1.29, 1.82) is 0 Å². The van der Waals surface area contributed by atoms with Crippen LogP contribution in [0.1, 0.15) is 18.7 Å². The zero-order valence-corrected chi connectivity index (χ0v) is 11.4. The Balaban J connectivity index is 1.90. The van der Waals surface area contributed by atoms with Gasteiger partial charge in [-0.05, 0) is 30.7 Å². The fraction of sp³-hybridized carbons (Fsp3) is 0.429. The average molecular weight is 277 g/mol. The Morgan fingerprint density at radius 3 is 2.95 bits per heavy atom. The molecule has 0 spiro atoms. The van der Waals surface area contributed by atoms with Gasteiger partial charge in [0.2, 0.25) is 11.7 Å². The van der Waals surface area contributed by atoms with Gasteiger partial charge in [0.1, 0.15) is 0 Å². The zero-order valence-electron chi connectivity index (χ0n) is 11.4. The van der Waals surface area contributed by atoms with Crippen LogP contribution < -0.4 is 10.1 Å². The third-order valence-electron chi connectivity index (χ3n) is 3.69. The summed E-state index contributed by atoms with van der Waals surface area (Å²) in [4.78, 5) is 4.42. The Kier molecular flexibility index (Phi) is 3.40. The van der Waals surface area contributed by atoms with E-state index < -0.39 is 5.82 Å². The molecule has 1 N–H and O–H groups in total. The maximum Gasteiger partial charge on any atom is 0.231 e. The van der Waals surface area contributed by atoms with E-state index in [9.17, 15) is 4.39 Å². The molecule has 1 aliphatic rings. The number of nitrogens with zero attached hydrogens (tertiary/aromatic N) is 2. The Bertz CT molecular complexity index is 614. The smallest absolute Gasteiger partial charge is 0.231 e. The molecule has 1 aliphatic heterocycles. The summed E-state index contributed by atoms with van der Waals surface area (Å²) in [6.45, 7) is 3.94. The molecule has 1 aromatic heterocycles. The molecule has 1 aromatic carbocycles. The van der Waals surface area contributed by atoms with Gasteiger partial charge >= 0.3 is 0 Å². The Labute approximate surface area is 116 Å². The molecule has 0 amide bonds. The van der Waals surface area contributed by atoms with E-state index in [-0.39, 0.29) is 11.7 Å². The van der Waals surface area contributed by atoms with Crippen LogP contribution in [0.15, 0.2) is 22.7 Å². The highest BCUT2D eigenvalue weighted by atomic mass is 19.1. The van der Waals surface area contributed by atoms with Crippen LogP contribution in [0.4, 0.5) is 4.39 Å². The molecule has 5 nitrogen and oxygen atoms in total. The van der Waals surface area contributed by atoms with Crippen LogP contribution in [0.3, 0.4) is 0 Å². The second kappa shape index (κ2) is 5.20. The van der Waals surface area contributed by atoms with Crippen molar-refractivity contribution < 1.29 is 13.7 Å². The number of halogens is 1. The predicted molar refractivity (Wildman–Crippen MR) is 71.0 cm³/mol. The topological polar surface area (TPSA) is 60.2 Å². The summed E-state index contributed by atoms with van der Waals surface area (Å²) in [6, 6.07) is 4.52. The number of benzene rings is 1. The van der Waals surface area contributed by atoms with Crippen LogP contribution in [-0.4, -0.2) is 30.3 Å². The third-order valence-corrected chi connectivity index (χ3v) is 3.69. The van der Waals surface area contributed by atoms with E-state index in [0.717, 1.165) is 13.1 Å². The summed E-state index contributed by atoms with van der Waals surface area (Å²) < 4.78 is 23.7. The van der Waals surface area contributed by atoms with Gasteiger partial charge in [0, 0.05) is 12.1 Å². The van der Waals surface area contributed by atoms with Gasteiger partial charge in [-0.3, -0.25) is 0 Å². The van der Waals surface area contributed by atoms with Crippen molar-refractivity contribution in [3.63, 3.8) is 0 Å². The molecule has 0 aliphatic carbocycles. The largest absolute Gasteiger partial charge is 0.494 e. The van der Waals surface area contributed by atoms with Gasteiger partial charge in [-0.15, -0.1) is 0 Å². The molecule has 3 rings (SSSR count). The maximum absolute atomic E-state index is 13.4. The average Bonchev–Trinajstić information content (AvgIpc) is 3.08. The SMILES string of the molecule is COc1cc(-c2noc(C3CNCC3C)n2)ccc1F. The monoisotopic (exact) mass is 277 g/mol. The van der Waals surface area contributed by atoms with Gasteiger partial charge in [-0.25, -0.2) is 4.39 Å². The number of hydrogen-bond donors (Lipinski definition) is 1. The maximum atomic E-state index is 13.4. The summed E-state index contributed by atoms with van der Waals surface area (Å²) in [5.41, 5.74) is 0.678. The van der Waals surface area contributed by atoms with Crippen LogP contribution in [0.25, 0.3) is 11.4 Å². The van der Waals surface area contributed by atoms with Crippen LogP contribution in [0.2, 0.25) is 0 Å². The summed E-state index contributed by atoms with van der Waals surface area (Å²) in [5.74, 6) is 1.54. The normalized spacial score (nSPS) is 22.1. The molecule has 2 aromatic rings. The molecule has 2 heterocycles. The number of nitrogens with one attached hydrogen (secondary N) is 1. The first-order chi connectivity index (χ1) is 9.69. The third kappa shape index (κ3) is 2.27. The van der Waals surface area contributed by atoms with E-state index in [1.165, 1.54) is 13.2 Å². The standard InChI is InChI=1S/C14H16FN3O2/c1-8-6-16-7-10(8)14-17-13(18-20-14)9-3-4-11(15)12(5-9)19-2/h3-5,8,10,16H,6-7H2,1-2H3. The van der Waals surface area contributed by atoms with Crippen molar-refractivity contribution in [2.45, 2.75) is 12.8 Å². The fourth-order valence-electron chi connectivity index (χ4n) is 2.44. The van der Waals surface area contributed by atoms with E-state index in [4.69, 9.17) is 9.26 Å². The number of rotatable bonds is 3. The predicted octanol–water partition coefficient (Wildman–Crippen LogP) is 2.21. The number of methoxy groups -OCH3 is 1. The van der Waals surface area contributed by atoms with Gasteiger partial charge in [0.05, 0.1) is 13.0 Å². The van der Waals surface area contributed by atoms with Crippen molar-refractivity contribution in [3.05, 3.63) is 29.9 Å². The van der Waals surface area contributed by atoms with Crippen LogP contribution in [0, 0.1) is 11.7 Å². The van der Waals surface area contributed by atoms with E-state index in [1.54, 1.807) is 12.1 Å². The lowest BCUT2D eigenvalue weighted by atomic mass is 9.98. The molecule has 1 fully saturated rings. The van der Waals surface area contributed by atoms with Gasteiger partial charge in [0.15, 0.2) is 11.6 Å². The number of hydrogen-bond acceptors (Lipinski definition) is 5. The van der Waals surface area contributed by atoms with Crippen LogP contribution in [0.5, 0.6) is 5.75 Å². The van der Waals surface area contributed by atoms with E-state index in [1.807, 2.05) is 0 Å². The van der Waals surface area contributed by atoms with Crippen molar-refractivity contribution in [1.82, 2.24) is 15.5 Å². The molecule has 20 heavy (non-hydrogen) atoms. The Morgan fingerprint density at radius 1 is 1.40 bits per heavy atom.